The van der Waals surface area contributed by atoms with E-state index in [9.17, 15) is 4.79 Å². The molecular formula is C8H16N2O3. The summed E-state index contributed by atoms with van der Waals surface area (Å²) in [5.41, 5.74) is 0. The van der Waals surface area contributed by atoms with E-state index in [1.807, 2.05) is 0 Å². The van der Waals surface area contributed by atoms with E-state index in [2.05, 4.69) is 5.32 Å². The maximum Gasteiger partial charge on any atom is 0.316 e. The summed E-state index contributed by atoms with van der Waals surface area (Å²) in [6, 6.07) is -0.103. The lowest BCUT2D eigenvalue weighted by molar-refractivity contribution is -0.0855. The number of nitrogens with one attached hydrogen (secondary N) is 1. The van der Waals surface area contributed by atoms with Gasteiger partial charge in [-0.25, -0.2) is 4.79 Å². The van der Waals surface area contributed by atoms with Gasteiger partial charge in [-0.3, -0.25) is 0 Å². The molecule has 1 aliphatic heterocycles. The normalized spacial score (nSPS) is 22.5. The molecule has 1 heterocycles. The highest BCUT2D eigenvalue weighted by Gasteiger charge is 2.15. The molecule has 0 aromatic rings. The number of rotatable bonds is 2. The van der Waals surface area contributed by atoms with Crippen molar-refractivity contribution in [3.8, 4) is 0 Å². The number of nitrogens with zero attached hydrogens (tertiary/aromatic N) is 1. The highest BCUT2D eigenvalue weighted by atomic mass is 16.6. The van der Waals surface area contributed by atoms with Crippen LogP contribution in [0.3, 0.4) is 0 Å². The van der Waals surface area contributed by atoms with Crippen molar-refractivity contribution in [2.45, 2.75) is 6.10 Å². The smallest absolute Gasteiger partial charge is 0.316 e. The summed E-state index contributed by atoms with van der Waals surface area (Å²) in [5.74, 6) is 0. The van der Waals surface area contributed by atoms with Crippen LogP contribution in [-0.2, 0) is 9.47 Å². The molecule has 1 unspecified atom stereocenters. The quantitative estimate of drug-likeness (QED) is 0.645. The standard InChI is InChI=1S/C8H16N2O3/c1-10(2)8(11)9-5-7-6-12-3-4-13-7/h7H,3-6H2,1-2H3,(H,9,11). The fraction of sp³-hybridized carbons (Fsp3) is 0.875. The molecule has 5 heteroatoms. The lowest BCUT2D eigenvalue weighted by Gasteiger charge is -2.23. The third kappa shape index (κ3) is 3.61. The number of urea groups is 1. The highest BCUT2D eigenvalue weighted by Crippen LogP contribution is 1.98. The molecule has 0 aliphatic carbocycles. The average molecular weight is 188 g/mol. The Balaban J connectivity index is 2.13. The Morgan fingerprint density at radius 3 is 2.85 bits per heavy atom. The van der Waals surface area contributed by atoms with E-state index in [1.165, 1.54) is 4.90 Å². The molecule has 1 aliphatic rings. The fourth-order valence-corrected chi connectivity index (χ4v) is 1.01. The largest absolute Gasteiger partial charge is 0.376 e. The predicted octanol–water partition coefficient (Wildman–Crippen LogP) is -0.327. The van der Waals surface area contributed by atoms with Crippen LogP contribution >= 0.6 is 0 Å². The number of amides is 2. The SMILES string of the molecule is CN(C)C(=O)NCC1COCCO1. The summed E-state index contributed by atoms with van der Waals surface area (Å²) in [7, 11) is 3.40. The van der Waals surface area contributed by atoms with Gasteiger partial charge in [0.05, 0.1) is 25.9 Å². The van der Waals surface area contributed by atoms with Crippen molar-refractivity contribution >= 4 is 6.03 Å². The van der Waals surface area contributed by atoms with E-state index in [1.54, 1.807) is 14.1 Å². The molecule has 1 rings (SSSR count). The molecule has 0 radical (unpaired) electrons. The van der Waals surface area contributed by atoms with Crippen molar-refractivity contribution in [3.63, 3.8) is 0 Å². The summed E-state index contributed by atoms with van der Waals surface area (Å²) in [5, 5.41) is 2.73. The minimum absolute atomic E-state index is 0.00218. The van der Waals surface area contributed by atoms with E-state index >= 15 is 0 Å². The Labute approximate surface area is 78.0 Å². The van der Waals surface area contributed by atoms with Crippen LogP contribution in [0.5, 0.6) is 0 Å². The van der Waals surface area contributed by atoms with Crippen LogP contribution in [-0.4, -0.2) is 57.5 Å². The monoisotopic (exact) mass is 188 g/mol. The topological polar surface area (TPSA) is 50.8 Å². The van der Waals surface area contributed by atoms with Crippen molar-refractivity contribution in [1.82, 2.24) is 10.2 Å². The first-order valence-corrected chi connectivity index (χ1v) is 4.34. The van der Waals surface area contributed by atoms with Gasteiger partial charge >= 0.3 is 6.03 Å². The number of hydrogen-bond acceptors (Lipinski definition) is 3. The number of ether oxygens (including phenoxy) is 2. The zero-order valence-electron chi connectivity index (χ0n) is 8.08. The molecule has 5 nitrogen and oxygen atoms in total. The first kappa shape index (κ1) is 10.3. The van der Waals surface area contributed by atoms with Gasteiger partial charge < -0.3 is 19.7 Å². The molecule has 0 saturated carbocycles. The van der Waals surface area contributed by atoms with Crippen LogP contribution in [0.4, 0.5) is 4.79 Å². The van der Waals surface area contributed by atoms with Crippen LogP contribution in [0, 0.1) is 0 Å². The first-order chi connectivity index (χ1) is 6.20. The minimum atomic E-state index is -0.103. The molecule has 0 bridgehead atoms. The number of carbonyl (C=O) groups is 1. The van der Waals surface area contributed by atoms with E-state index in [0.29, 0.717) is 26.4 Å². The molecule has 1 saturated heterocycles. The van der Waals surface area contributed by atoms with Gasteiger partial charge in [0.15, 0.2) is 0 Å². The average Bonchev–Trinajstić information content (AvgIpc) is 2.15. The van der Waals surface area contributed by atoms with E-state index in [-0.39, 0.29) is 12.1 Å². The molecule has 13 heavy (non-hydrogen) atoms. The molecule has 1 atom stereocenters. The Morgan fingerprint density at radius 2 is 2.31 bits per heavy atom. The van der Waals surface area contributed by atoms with Crippen LogP contribution in [0.15, 0.2) is 0 Å². The molecule has 1 N–H and O–H groups in total. The first-order valence-electron chi connectivity index (χ1n) is 4.34. The van der Waals surface area contributed by atoms with E-state index in [0.717, 1.165) is 0 Å². The second kappa shape index (κ2) is 5.04. The molecule has 0 aromatic carbocycles. The Hall–Kier alpha value is -0.810. The van der Waals surface area contributed by atoms with Crippen LogP contribution < -0.4 is 5.32 Å². The van der Waals surface area contributed by atoms with Gasteiger partial charge in [-0.05, 0) is 0 Å². The zero-order valence-corrected chi connectivity index (χ0v) is 8.08. The summed E-state index contributed by atoms with van der Waals surface area (Å²) < 4.78 is 10.5. The van der Waals surface area contributed by atoms with Gasteiger partial charge in [-0.2, -0.15) is 0 Å². The number of hydrogen-bond donors (Lipinski definition) is 1. The molecule has 2 amide bonds. The van der Waals surface area contributed by atoms with Gasteiger partial charge in [0.1, 0.15) is 0 Å². The van der Waals surface area contributed by atoms with E-state index in [4.69, 9.17) is 9.47 Å². The highest BCUT2D eigenvalue weighted by molar-refractivity contribution is 5.73. The summed E-state index contributed by atoms with van der Waals surface area (Å²) in [6.45, 7) is 2.34. The maximum atomic E-state index is 11.1. The fourth-order valence-electron chi connectivity index (χ4n) is 1.01. The van der Waals surface area contributed by atoms with Crippen LogP contribution in [0.25, 0.3) is 0 Å². The number of carbonyl (C=O) groups excluding carboxylic acids is 1. The Morgan fingerprint density at radius 1 is 1.54 bits per heavy atom. The van der Waals surface area contributed by atoms with Gasteiger partial charge in [-0.15, -0.1) is 0 Å². The summed E-state index contributed by atoms with van der Waals surface area (Å²) in [4.78, 5) is 12.6. The van der Waals surface area contributed by atoms with Crippen molar-refractivity contribution < 1.29 is 14.3 Å². The molecule has 0 aromatic heterocycles. The second-order valence-corrected chi connectivity index (χ2v) is 3.15. The molecule has 1 fully saturated rings. The molecular weight excluding hydrogens is 172 g/mol. The maximum absolute atomic E-state index is 11.1. The zero-order chi connectivity index (χ0) is 9.68. The third-order valence-corrected chi connectivity index (χ3v) is 1.77. The van der Waals surface area contributed by atoms with Crippen LogP contribution in [0.2, 0.25) is 0 Å². The predicted molar refractivity (Wildman–Crippen MR) is 47.6 cm³/mol. The van der Waals surface area contributed by atoms with Gasteiger partial charge in [0.25, 0.3) is 0 Å². The third-order valence-electron chi connectivity index (χ3n) is 1.77. The van der Waals surface area contributed by atoms with Crippen LogP contribution in [0.1, 0.15) is 0 Å². The molecule has 0 spiro atoms. The van der Waals surface area contributed by atoms with Crippen molar-refractivity contribution in [3.05, 3.63) is 0 Å². The minimum Gasteiger partial charge on any atom is -0.376 e. The van der Waals surface area contributed by atoms with Gasteiger partial charge in [0, 0.05) is 20.6 Å². The van der Waals surface area contributed by atoms with Crippen molar-refractivity contribution in [2.24, 2.45) is 0 Å². The Kier molecular flexibility index (Phi) is 3.98. The van der Waals surface area contributed by atoms with Crippen molar-refractivity contribution in [2.75, 3.05) is 40.5 Å². The Bertz CT molecular complexity index is 167. The summed E-state index contributed by atoms with van der Waals surface area (Å²) in [6.07, 6.45) is -0.00218. The molecule has 76 valence electrons. The second-order valence-electron chi connectivity index (χ2n) is 3.15. The van der Waals surface area contributed by atoms with Crippen molar-refractivity contribution in [1.29, 1.82) is 0 Å². The van der Waals surface area contributed by atoms with Gasteiger partial charge in [0.2, 0.25) is 0 Å². The lowest BCUT2D eigenvalue weighted by atomic mass is 10.3. The lowest BCUT2D eigenvalue weighted by Crippen LogP contribution is -2.43. The van der Waals surface area contributed by atoms with Gasteiger partial charge in [-0.1, -0.05) is 0 Å². The van der Waals surface area contributed by atoms with E-state index < -0.39 is 0 Å². The summed E-state index contributed by atoms with van der Waals surface area (Å²) >= 11 is 0.